The lowest BCUT2D eigenvalue weighted by molar-refractivity contribution is -0.0267. The number of aromatic amines is 1. The van der Waals surface area contributed by atoms with E-state index in [2.05, 4.69) is 36.4 Å². The molecule has 3 aromatic heterocycles. The van der Waals surface area contributed by atoms with Crippen molar-refractivity contribution < 1.29 is 18.3 Å². The highest BCUT2D eigenvalue weighted by Gasteiger charge is 2.44. The zero-order chi connectivity index (χ0) is 24.7. The maximum atomic E-state index is 13.2. The number of pyridine rings is 2. The first kappa shape index (κ1) is 22.4. The number of nitrogens with one attached hydrogen (secondary N) is 2. The molecule has 2 fully saturated rings. The van der Waals surface area contributed by atoms with Crippen LogP contribution in [0.3, 0.4) is 0 Å². The number of anilines is 3. The number of amides is 1. The van der Waals surface area contributed by atoms with Gasteiger partial charge in [-0.2, -0.15) is 5.10 Å². The molecule has 6 rings (SSSR count). The lowest BCUT2D eigenvalue weighted by Gasteiger charge is -2.39. The van der Waals surface area contributed by atoms with Gasteiger partial charge < -0.3 is 19.9 Å². The highest BCUT2D eigenvalue weighted by molar-refractivity contribution is 6.11. The summed E-state index contributed by atoms with van der Waals surface area (Å²) >= 11 is 0. The van der Waals surface area contributed by atoms with Gasteiger partial charge in [0.05, 0.1) is 43.7 Å². The SMILES string of the molecule is O=C(Nc1ccnc(N2CC(F)(F)C2)c1)c1n[nH]c2ccc(-c3cncc(N4CCOCC4)c3)cc12. The molecule has 2 N–H and O–H groups in total. The number of morpholine rings is 1. The summed E-state index contributed by atoms with van der Waals surface area (Å²) in [6, 6.07) is 11.0. The van der Waals surface area contributed by atoms with Crippen molar-refractivity contribution in [3.05, 3.63) is 60.7 Å². The third-order valence-electron chi connectivity index (χ3n) is 6.38. The van der Waals surface area contributed by atoms with Crippen LogP contribution in [-0.4, -0.2) is 71.4 Å². The molecule has 0 unspecified atom stereocenters. The van der Waals surface area contributed by atoms with Gasteiger partial charge in [0.1, 0.15) is 5.82 Å². The third-order valence-corrected chi connectivity index (χ3v) is 6.38. The molecule has 0 spiro atoms. The number of hydrogen-bond acceptors (Lipinski definition) is 7. The van der Waals surface area contributed by atoms with Crippen LogP contribution < -0.4 is 15.1 Å². The molecule has 0 bridgehead atoms. The van der Waals surface area contributed by atoms with Gasteiger partial charge in [-0.1, -0.05) is 6.07 Å². The zero-order valence-electron chi connectivity index (χ0n) is 19.2. The van der Waals surface area contributed by atoms with E-state index in [-0.39, 0.29) is 18.8 Å². The van der Waals surface area contributed by atoms with Gasteiger partial charge in [-0.05, 0) is 29.8 Å². The van der Waals surface area contributed by atoms with Crippen LogP contribution in [0.2, 0.25) is 0 Å². The van der Waals surface area contributed by atoms with Crippen LogP contribution in [0.15, 0.2) is 55.0 Å². The van der Waals surface area contributed by atoms with E-state index in [1.165, 1.54) is 11.1 Å². The number of fused-ring (bicyclic) bond motifs is 1. The average Bonchev–Trinajstić information content (AvgIpc) is 3.31. The van der Waals surface area contributed by atoms with Gasteiger partial charge in [0.25, 0.3) is 11.8 Å². The molecular weight excluding hydrogens is 468 g/mol. The predicted octanol–water partition coefficient (Wildman–Crippen LogP) is 3.56. The number of carbonyl (C=O) groups is 1. The first-order chi connectivity index (χ1) is 17.4. The Kier molecular flexibility index (Phi) is 5.48. The minimum absolute atomic E-state index is 0.234. The van der Waals surface area contributed by atoms with E-state index in [0.29, 0.717) is 30.1 Å². The van der Waals surface area contributed by atoms with E-state index in [1.54, 1.807) is 18.3 Å². The summed E-state index contributed by atoms with van der Waals surface area (Å²) in [6.45, 7) is 2.23. The van der Waals surface area contributed by atoms with E-state index in [1.807, 2.05) is 24.4 Å². The molecule has 0 saturated carbocycles. The molecule has 2 saturated heterocycles. The minimum atomic E-state index is -2.70. The average molecular weight is 492 g/mol. The Hall–Kier alpha value is -4.12. The lowest BCUT2D eigenvalue weighted by atomic mass is 10.0. The number of benzene rings is 1. The molecule has 2 aliphatic rings. The summed E-state index contributed by atoms with van der Waals surface area (Å²) < 4.78 is 31.9. The number of ether oxygens (including phenoxy) is 1. The Labute approximate surface area is 205 Å². The number of alkyl halides is 2. The fourth-order valence-corrected chi connectivity index (χ4v) is 4.48. The van der Waals surface area contributed by atoms with Gasteiger partial charge in [-0.3, -0.25) is 14.9 Å². The molecule has 5 heterocycles. The molecule has 0 aliphatic carbocycles. The van der Waals surface area contributed by atoms with E-state index in [9.17, 15) is 13.6 Å². The smallest absolute Gasteiger partial charge is 0.282 e. The second-order valence-corrected chi connectivity index (χ2v) is 8.93. The van der Waals surface area contributed by atoms with Gasteiger partial charge >= 0.3 is 0 Å². The summed E-state index contributed by atoms with van der Waals surface area (Å²) in [5.74, 6) is -2.73. The second kappa shape index (κ2) is 8.83. The Morgan fingerprint density at radius 1 is 1.03 bits per heavy atom. The Morgan fingerprint density at radius 2 is 1.86 bits per heavy atom. The van der Waals surface area contributed by atoms with Crippen LogP contribution in [-0.2, 0) is 4.74 Å². The number of hydrogen-bond donors (Lipinski definition) is 2. The van der Waals surface area contributed by atoms with Crippen molar-refractivity contribution in [3.63, 3.8) is 0 Å². The topological polar surface area (TPSA) is 99.3 Å². The molecule has 4 aromatic rings. The standard InChI is InChI=1S/C25H23F2N7O2/c26-25(27)14-34(15-25)22-11-18(3-4-29-22)30-24(35)23-20-10-16(1-2-21(20)31-32-23)17-9-19(13-28-12-17)33-5-7-36-8-6-33/h1-4,9-13H,5-8,14-15H2,(H,31,32)(H,29,30,35). The summed E-state index contributed by atoms with van der Waals surface area (Å²) in [7, 11) is 0. The van der Waals surface area contributed by atoms with Gasteiger partial charge in [-0.25, -0.2) is 13.8 Å². The number of carbonyl (C=O) groups excluding carboxylic acids is 1. The summed E-state index contributed by atoms with van der Waals surface area (Å²) in [4.78, 5) is 25.3. The van der Waals surface area contributed by atoms with Crippen molar-refractivity contribution in [3.8, 4) is 11.1 Å². The van der Waals surface area contributed by atoms with E-state index in [0.717, 1.165) is 35.4 Å². The summed E-state index contributed by atoms with van der Waals surface area (Å²) in [5, 5.41) is 10.6. The van der Waals surface area contributed by atoms with Crippen LogP contribution >= 0.6 is 0 Å². The lowest BCUT2D eigenvalue weighted by Crippen LogP contribution is -2.56. The number of H-pyrrole nitrogens is 1. The number of halogens is 2. The van der Waals surface area contributed by atoms with Gasteiger partial charge in [0, 0.05) is 48.2 Å². The van der Waals surface area contributed by atoms with Gasteiger partial charge in [-0.15, -0.1) is 0 Å². The second-order valence-electron chi connectivity index (χ2n) is 8.93. The van der Waals surface area contributed by atoms with Crippen LogP contribution in [0.1, 0.15) is 10.5 Å². The molecule has 0 atom stereocenters. The largest absolute Gasteiger partial charge is 0.378 e. The third kappa shape index (κ3) is 4.33. The highest BCUT2D eigenvalue weighted by atomic mass is 19.3. The van der Waals surface area contributed by atoms with Crippen LogP contribution in [0, 0.1) is 0 Å². The maximum Gasteiger partial charge on any atom is 0.282 e. The number of aromatic nitrogens is 4. The Bertz CT molecular complexity index is 1430. The fraction of sp³-hybridized carbons (Fsp3) is 0.280. The van der Waals surface area contributed by atoms with Crippen molar-refractivity contribution in [1.29, 1.82) is 0 Å². The Morgan fingerprint density at radius 3 is 2.67 bits per heavy atom. The van der Waals surface area contributed by atoms with Gasteiger partial charge in [0.2, 0.25) is 0 Å². The molecule has 1 amide bonds. The van der Waals surface area contributed by atoms with Crippen molar-refractivity contribution >= 4 is 34.0 Å². The summed E-state index contributed by atoms with van der Waals surface area (Å²) in [5.41, 5.74) is 4.27. The number of nitrogens with zero attached hydrogens (tertiary/aromatic N) is 5. The van der Waals surface area contributed by atoms with Crippen molar-refractivity contribution in [2.75, 3.05) is 54.5 Å². The minimum Gasteiger partial charge on any atom is -0.378 e. The van der Waals surface area contributed by atoms with Crippen LogP contribution in [0.25, 0.3) is 22.0 Å². The molecule has 9 nitrogen and oxygen atoms in total. The predicted molar refractivity (Wildman–Crippen MR) is 132 cm³/mol. The van der Waals surface area contributed by atoms with Crippen LogP contribution in [0.5, 0.6) is 0 Å². The van der Waals surface area contributed by atoms with Crippen molar-refractivity contribution in [2.45, 2.75) is 5.92 Å². The van der Waals surface area contributed by atoms with E-state index >= 15 is 0 Å². The zero-order valence-corrected chi connectivity index (χ0v) is 19.2. The first-order valence-corrected chi connectivity index (χ1v) is 11.6. The Balaban J connectivity index is 1.24. The molecule has 1 aromatic carbocycles. The van der Waals surface area contributed by atoms with Crippen molar-refractivity contribution in [2.24, 2.45) is 0 Å². The van der Waals surface area contributed by atoms with Crippen LogP contribution in [0.4, 0.5) is 26.0 Å². The first-order valence-electron chi connectivity index (χ1n) is 11.6. The maximum absolute atomic E-state index is 13.2. The quantitative estimate of drug-likeness (QED) is 0.440. The molecule has 2 aliphatic heterocycles. The summed E-state index contributed by atoms with van der Waals surface area (Å²) in [6.07, 6.45) is 5.12. The van der Waals surface area contributed by atoms with E-state index in [4.69, 9.17) is 4.74 Å². The number of rotatable bonds is 5. The van der Waals surface area contributed by atoms with Gasteiger partial charge in [0.15, 0.2) is 5.69 Å². The molecule has 36 heavy (non-hydrogen) atoms. The van der Waals surface area contributed by atoms with E-state index < -0.39 is 11.8 Å². The fourth-order valence-electron chi connectivity index (χ4n) is 4.48. The highest BCUT2D eigenvalue weighted by Crippen LogP contribution is 2.32. The normalized spacial score (nSPS) is 17.2. The monoisotopic (exact) mass is 491 g/mol. The molecule has 0 radical (unpaired) electrons. The molecule has 11 heteroatoms. The molecular formula is C25H23F2N7O2. The molecule has 184 valence electrons. The van der Waals surface area contributed by atoms with Crippen molar-refractivity contribution in [1.82, 2.24) is 20.2 Å².